The van der Waals surface area contributed by atoms with Crippen LogP contribution in [-0.2, 0) is 33.4 Å². The molecule has 0 saturated heterocycles. The summed E-state index contributed by atoms with van der Waals surface area (Å²) in [5, 5.41) is 8.62. The fourth-order valence-electron chi connectivity index (χ4n) is 5.09. The number of esters is 2. The van der Waals surface area contributed by atoms with E-state index in [1.54, 1.807) is 6.92 Å². The van der Waals surface area contributed by atoms with E-state index in [0.717, 1.165) is 17.9 Å². The third kappa shape index (κ3) is 11.3. The third-order valence-corrected chi connectivity index (χ3v) is 13.0. The van der Waals surface area contributed by atoms with Crippen molar-refractivity contribution in [1.82, 2.24) is 10.6 Å². The van der Waals surface area contributed by atoms with Gasteiger partial charge in [-0.2, -0.15) is 0 Å². The number of amides is 2. The lowest BCUT2D eigenvalue weighted by molar-refractivity contribution is -0.143. The molecule has 0 aliphatic carbocycles. The lowest BCUT2D eigenvalue weighted by Gasteiger charge is -2.27. The Bertz CT molecular complexity index is 1370. The first-order valence-corrected chi connectivity index (χ1v) is 18.4. The van der Waals surface area contributed by atoms with Crippen LogP contribution in [0.2, 0.25) is 0 Å². The molecule has 12 heteroatoms. The average Bonchev–Trinajstić information content (AvgIpc) is 3.10. The molecule has 10 nitrogen and oxygen atoms in total. The van der Waals surface area contributed by atoms with Gasteiger partial charge in [0.2, 0.25) is 11.8 Å². The first-order chi connectivity index (χ1) is 22.7. The lowest BCUT2D eigenvalue weighted by atomic mass is 10.1. The maximum atomic E-state index is 13.2. The predicted octanol–water partition coefficient (Wildman–Crippen LogP) is 2.47. The summed E-state index contributed by atoms with van der Waals surface area (Å²) in [6, 6.07) is 29.1. The highest BCUT2D eigenvalue weighted by molar-refractivity contribution is 8.13. The van der Waals surface area contributed by atoms with Gasteiger partial charge in [0.05, 0.1) is 19.9 Å². The van der Waals surface area contributed by atoms with Crippen LogP contribution in [-0.4, -0.2) is 73.1 Å². The molecule has 4 N–H and O–H groups in total. The van der Waals surface area contributed by atoms with Crippen molar-refractivity contribution in [2.45, 2.75) is 44.7 Å². The van der Waals surface area contributed by atoms with Crippen LogP contribution in [0.25, 0.3) is 0 Å². The quantitative estimate of drug-likeness (QED) is 0.136. The Kier molecular flexibility index (Phi) is 15.6. The van der Waals surface area contributed by atoms with Gasteiger partial charge >= 0.3 is 11.9 Å². The van der Waals surface area contributed by atoms with E-state index in [1.165, 1.54) is 23.0 Å². The topological polar surface area (TPSA) is 154 Å². The Balaban J connectivity index is 1.70. The molecule has 0 radical (unpaired) electrons. The van der Waals surface area contributed by atoms with Gasteiger partial charge in [0.1, 0.15) is 41.8 Å². The smallest absolute Gasteiger partial charge is 0.325 e. The van der Waals surface area contributed by atoms with E-state index >= 15 is 0 Å². The molecule has 0 spiro atoms. The van der Waals surface area contributed by atoms with Crippen LogP contribution in [0.3, 0.4) is 0 Å². The fraction of sp³-hybridized carbons (Fsp3) is 0.343. The summed E-state index contributed by atoms with van der Waals surface area (Å²) in [7, 11) is -0.900. The number of methoxy groups -OCH3 is 1. The van der Waals surface area contributed by atoms with Gasteiger partial charge in [-0.25, -0.2) is 0 Å². The van der Waals surface area contributed by atoms with E-state index in [9.17, 15) is 24.0 Å². The summed E-state index contributed by atoms with van der Waals surface area (Å²) >= 11 is 0.953. The number of hydrogen-bond donors (Lipinski definition) is 3. The Labute approximate surface area is 280 Å². The zero-order chi connectivity index (χ0) is 34.1. The van der Waals surface area contributed by atoms with Gasteiger partial charge in [0.25, 0.3) is 0 Å². The second-order valence-corrected chi connectivity index (χ2v) is 15.3. The van der Waals surface area contributed by atoms with Gasteiger partial charge in [-0.1, -0.05) is 66.4 Å². The molecule has 250 valence electrons. The molecule has 0 aromatic heterocycles. The Morgan fingerprint density at radius 1 is 0.830 bits per heavy atom. The van der Waals surface area contributed by atoms with Crippen molar-refractivity contribution in [1.29, 1.82) is 0 Å². The molecular weight excluding hydrogens is 637 g/mol. The van der Waals surface area contributed by atoms with E-state index in [1.807, 2.05) is 54.6 Å². The SMILES string of the molecule is CCOC(=O)CNC(=O)C(CSC(=O)CCC[P+](c1ccccc1)(c1ccccc1)c1ccccc1)NC(=O)CCC(N)C(=O)OC. The molecule has 0 aliphatic rings. The van der Waals surface area contributed by atoms with Gasteiger partial charge in [-0.15, -0.1) is 0 Å². The van der Waals surface area contributed by atoms with Crippen LogP contribution in [0.4, 0.5) is 0 Å². The van der Waals surface area contributed by atoms with E-state index in [-0.39, 0.29) is 43.3 Å². The monoisotopic (exact) mass is 680 g/mol. The maximum absolute atomic E-state index is 13.2. The molecule has 0 aliphatic heterocycles. The van der Waals surface area contributed by atoms with E-state index in [2.05, 4.69) is 51.8 Å². The number of nitrogens with one attached hydrogen (secondary N) is 2. The van der Waals surface area contributed by atoms with Gasteiger partial charge in [-0.05, 0) is 56.2 Å². The molecular formula is C35H43N3O7PS+. The average molecular weight is 681 g/mol. The van der Waals surface area contributed by atoms with Crippen molar-refractivity contribution in [3.05, 3.63) is 91.0 Å². The second kappa shape index (κ2) is 19.6. The molecule has 3 rings (SSSR count). The summed E-state index contributed by atoms with van der Waals surface area (Å²) in [5.41, 5.74) is 5.73. The standard InChI is InChI=1S/C35H42N3O7PS/c1-3-45-32(40)24-37-34(42)30(38-31(39)22-21-29(36)35(43)44-2)25-47-33(41)20-13-23-46(26-14-7-4-8-15-26,27-16-9-5-10-17-27)28-18-11-6-12-19-28/h4-12,14-19,29-30H,3,13,20-25,36H2,1-2H3,(H-,37,38,39,42)/p+1. The molecule has 2 unspecified atom stereocenters. The Hall–Kier alpha value is -4.05. The first kappa shape index (κ1) is 37.4. The zero-order valence-corrected chi connectivity index (χ0v) is 28.5. The highest BCUT2D eigenvalue weighted by atomic mass is 32.2. The first-order valence-electron chi connectivity index (χ1n) is 15.5. The maximum Gasteiger partial charge on any atom is 0.325 e. The van der Waals surface area contributed by atoms with Crippen LogP contribution in [0.1, 0.15) is 32.6 Å². The van der Waals surface area contributed by atoms with Crippen LogP contribution >= 0.6 is 19.0 Å². The number of hydrogen-bond acceptors (Lipinski definition) is 9. The van der Waals surface area contributed by atoms with Crippen molar-refractivity contribution in [3.63, 3.8) is 0 Å². The van der Waals surface area contributed by atoms with Crippen LogP contribution in [0.15, 0.2) is 91.0 Å². The predicted molar refractivity (Wildman–Crippen MR) is 188 cm³/mol. The molecule has 0 bridgehead atoms. The summed E-state index contributed by atoms with van der Waals surface area (Å²) in [5.74, 6) is -2.48. The normalized spacial score (nSPS) is 12.3. The number of nitrogens with two attached hydrogens (primary N) is 1. The molecule has 2 amide bonds. The number of carbonyl (C=O) groups is 5. The molecule has 0 heterocycles. The number of benzene rings is 3. The van der Waals surface area contributed by atoms with Gasteiger partial charge < -0.3 is 25.8 Å². The minimum Gasteiger partial charge on any atom is -0.468 e. The van der Waals surface area contributed by atoms with Gasteiger partial charge in [0.15, 0.2) is 5.12 Å². The van der Waals surface area contributed by atoms with E-state index in [0.29, 0.717) is 6.42 Å². The van der Waals surface area contributed by atoms with Crippen LogP contribution in [0, 0.1) is 0 Å². The number of carbonyl (C=O) groups excluding carboxylic acids is 5. The van der Waals surface area contributed by atoms with E-state index < -0.39 is 43.1 Å². The zero-order valence-electron chi connectivity index (χ0n) is 26.8. The van der Waals surface area contributed by atoms with Crippen molar-refractivity contribution in [3.8, 4) is 0 Å². The number of thioether (sulfide) groups is 1. The molecule has 3 aromatic rings. The highest BCUT2D eigenvalue weighted by Crippen LogP contribution is 2.56. The summed E-state index contributed by atoms with van der Waals surface area (Å²) in [6.45, 7) is 1.42. The fourth-order valence-corrected chi connectivity index (χ4v) is 10.3. The van der Waals surface area contributed by atoms with Crippen LogP contribution in [0.5, 0.6) is 0 Å². The van der Waals surface area contributed by atoms with Crippen molar-refractivity contribution in [2.24, 2.45) is 5.73 Å². The lowest BCUT2D eigenvalue weighted by Crippen LogP contribution is -2.49. The van der Waals surface area contributed by atoms with Crippen molar-refractivity contribution < 1.29 is 33.4 Å². The Morgan fingerprint density at radius 3 is 1.85 bits per heavy atom. The summed E-state index contributed by atoms with van der Waals surface area (Å²) < 4.78 is 9.45. The highest BCUT2D eigenvalue weighted by Gasteiger charge is 2.44. The Morgan fingerprint density at radius 2 is 1.36 bits per heavy atom. The van der Waals surface area contributed by atoms with Crippen molar-refractivity contribution >= 4 is 63.8 Å². The minimum absolute atomic E-state index is 0.0108. The molecule has 2 atom stereocenters. The molecule has 47 heavy (non-hydrogen) atoms. The summed E-state index contributed by atoms with van der Waals surface area (Å²) in [4.78, 5) is 62.2. The molecule has 3 aromatic carbocycles. The molecule has 0 saturated carbocycles. The van der Waals surface area contributed by atoms with E-state index in [4.69, 9.17) is 10.5 Å². The van der Waals surface area contributed by atoms with Crippen molar-refractivity contribution in [2.75, 3.05) is 32.2 Å². The minimum atomic E-state index is -2.10. The van der Waals surface area contributed by atoms with Crippen LogP contribution < -0.4 is 32.3 Å². The third-order valence-electron chi connectivity index (χ3n) is 7.43. The second-order valence-electron chi connectivity index (χ2n) is 10.6. The number of rotatable bonds is 18. The van der Waals surface area contributed by atoms with Gasteiger partial charge in [0, 0.05) is 18.6 Å². The van der Waals surface area contributed by atoms with Gasteiger partial charge in [-0.3, -0.25) is 24.0 Å². The molecule has 0 fully saturated rings. The summed E-state index contributed by atoms with van der Waals surface area (Å²) in [6.07, 6.45) is 1.50. The largest absolute Gasteiger partial charge is 0.468 e. The number of ether oxygens (including phenoxy) is 2.